The molecule has 0 saturated heterocycles. The Labute approximate surface area is 128 Å². The predicted octanol–water partition coefficient (Wildman–Crippen LogP) is 3.73. The maximum Gasteiger partial charge on any atom is 0.231 e. The van der Waals surface area contributed by atoms with Crippen molar-refractivity contribution in [2.45, 2.75) is 12.5 Å². The third kappa shape index (κ3) is 2.87. The molecule has 0 amide bonds. The van der Waals surface area contributed by atoms with Gasteiger partial charge in [-0.2, -0.15) is 0 Å². The van der Waals surface area contributed by atoms with Crippen molar-refractivity contribution in [3.05, 3.63) is 57.6 Å². The molecule has 0 aliphatic carbocycles. The summed E-state index contributed by atoms with van der Waals surface area (Å²) in [7, 11) is 0. The van der Waals surface area contributed by atoms with Gasteiger partial charge in [0.05, 0.1) is 10.6 Å². The minimum absolute atomic E-state index is 0.136. The van der Waals surface area contributed by atoms with E-state index in [-0.39, 0.29) is 13.2 Å². The molecule has 1 heterocycles. The van der Waals surface area contributed by atoms with Gasteiger partial charge in [0, 0.05) is 6.42 Å². The summed E-state index contributed by atoms with van der Waals surface area (Å²) in [6.07, 6.45) is -0.691. The lowest BCUT2D eigenvalue weighted by molar-refractivity contribution is 0.171. The molecule has 0 saturated carbocycles. The third-order valence-electron chi connectivity index (χ3n) is 3.25. The van der Waals surface area contributed by atoms with Gasteiger partial charge < -0.3 is 14.6 Å². The molecule has 0 fully saturated rings. The smallest absolute Gasteiger partial charge is 0.231 e. The van der Waals surface area contributed by atoms with E-state index < -0.39 is 17.7 Å². The van der Waals surface area contributed by atoms with Gasteiger partial charge in [-0.25, -0.2) is 8.78 Å². The maximum absolute atomic E-state index is 13.2. The van der Waals surface area contributed by atoms with Crippen molar-refractivity contribution in [1.29, 1.82) is 0 Å². The van der Waals surface area contributed by atoms with Crippen molar-refractivity contribution in [2.75, 3.05) is 6.79 Å². The molecular weight excluding hydrogens is 346 g/mol. The van der Waals surface area contributed by atoms with Crippen molar-refractivity contribution in [3.8, 4) is 11.5 Å². The van der Waals surface area contributed by atoms with Gasteiger partial charge in [-0.3, -0.25) is 0 Å². The Morgan fingerprint density at radius 3 is 2.71 bits per heavy atom. The molecule has 2 aromatic rings. The lowest BCUT2D eigenvalue weighted by Gasteiger charge is -2.13. The number of halogens is 3. The second kappa shape index (κ2) is 5.61. The molecule has 1 aliphatic heterocycles. The van der Waals surface area contributed by atoms with Crippen molar-refractivity contribution >= 4 is 15.9 Å². The highest BCUT2D eigenvalue weighted by molar-refractivity contribution is 9.10. The SMILES string of the molecule is OC(Cc1ccc(F)c(F)c1)c1cc(Br)c2c(c1)OCO2. The van der Waals surface area contributed by atoms with Gasteiger partial charge in [0.25, 0.3) is 0 Å². The van der Waals surface area contributed by atoms with E-state index >= 15 is 0 Å². The summed E-state index contributed by atoms with van der Waals surface area (Å²) in [5, 5.41) is 10.3. The number of benzene rings is 2. The summed E-state index contributed by atoms with van der Waals surface area (Å²) in [5.74, 6) is -0.687. The quantitative estimate of drug-likeness (QED) is 0.910. The Bertz CT molecular complexity index is 691. The summed E-state index contributed by atoms with van der Waals surface area (Å²) < 4.78 is 37.3. The van der Waals surface area contributed by atoms with Crippen molar-refractivity contribution in [1.82, 2.24) is 0 Å². The summed E-state index contributed by atoms with van der Waals surface area (Å²) in [5.41, 5.74) is 1.12. The van der Waals surface area contributed by atoms with Gasteiger partial charge >= 0.3 is 0 Å². The Balaban J connectivity index is 1.83. The standard InChI is InChI=1S/C15H11BrF2O3/c16-10-5-9(6-14-15(10)21-7-20-14)13(19)4-8-1-2-11(17)12(18)3-8/h1-3,5-6,13,19H,4,7H2. The Kier molecular flexibility index (Phi) is 3.82. The lowest BCUT2D eigenvalue weighted by atomic mass is 10.0. The first-order valence-corrected chi connectivity index (χ1v) is 7.05. The van der Waals surface area contributed by atoms with E-state index in [1.165, 1.54) is 6.07 Å². The maximum atomic E-state index is 13.2. The highest BCUT2D eigenvalue weighted by Gasteiger charge is 2.21. The molecule has 0 radical (unpaired) electrons. The minimum atomic E-state index is -0.924. The average molecular weight is 357 g/mol. The van der Waals surface area contributed by atoms with Crippen molar-refractivity contribution in [2.24, 2.45) is 0 Å². The normalized spacial score (nSPS) is 14.3. The predicted molar refractivity (Wildman–Crippen MR) is 75.3 cm³/mol. The van der Waals surface area contributed by atoms with E-state index in [9.17, 15) is 13.9 Å². The molecule has 3 rings (SSSR count). The number of ether oxygens (including phenoxy) is 2. The van der Waals surface area contributed by atoms with Crippen LogP contribution in [0.15, 0.2) is 34.8 Å². The van der Waals surface area contributed by atoms with Crippen LogP contribution in [-0.4, -0.2) is 11.9 Å². The molecule has 1 atom stereocenters. The van der Waals surface area contributed by atoms with E-state index in [2.05, 4.69) is 15.9 Å². The fourth-order valence-corrected chi connectivity index (χ4v) is 2.76. The van der Waals surface area contributed by atoms with E-state index in [1.807, 2.05) is 0 Å². The zero-order valence-electron chi connectivity index (χ0n) is 10.8. The van der Waals surface area contributed by atoms with Crippen LogP contribution in [0.2, 0.25) is 0 Å². The highest BCUT2D eigenvalue weighted by Crippen LogP contribution is 2.41. The largest absolute Gasteiger partial charge is 0.454 e. The molecule has 0 aromatic heterocycles. The number of rotatable bonds is 3. The topological polar surface area (TPSA) is 38.7 Å². The molecule has 0 spiro atoms. The van der Waals surface area contributed by atoms with E-state index in [4.69, 9.17) is 9.47 Å². The first-order chi connectivity index (χ1) is 10.0. The zero-order chi connectivity index (χ0) is 15.0. The first-order valence-electron chi connectivity index (χ1n) is 6.25. The minimum Gasteiger partial charge on any atom is -0.454 e. The number of hydrogen-bond donors (Lipinski definition) is 1. The fourth-order valence-electron chi connectivity index (χ4n) is 2.19. The van der Waals surface area contributed by atoms with E-state index in [0.717, 1.165) is 12.1 Å². The van der Waals surface area contributed by atoms with E-state index in [0.29, 0.717) is 27.1 Å². The fraction of sp³-hybridized carbons (Fsp3) is 0.200. The molecule has 3 nitrogen and oxygen atoms in total. The molecule has 1 N–H and O–H groups in total. The van der Waals surface area contributed by atoms with E-state index in [1.54, 1.807) is 12.1 Å². The molecular formula is C15H11BrF2O3. The molecule has 1 aliphatic rings. The van der Waals surface area contributed by atoms with Gasteiger partial charge in [0.15, 0.2) is 23.1 Å². The van der Waals surface area contributed by atoms with Crippen molar-refractivity contribution < 1.29 is 23.4 Å². The number of hydrogen-bond acceptors (Lipinski definition) is 3. The van der Waals surface area contributed by atoms with Crippen LogP contribution >= 0.6 is 15.9 Å². The van der Waals surface area contributed by atoms with Crippen LogP contribution in [-0.2, 0) is 6.42 Å². The Morgan fingerprint density at radius 2 is 1.95 bits per heavy atom. The molecule has 6 heteroatoms. The van der Waals surface area contributed by atoms with Crippen LogP contribution in [0.25, 0.3) is 0 Å². The number of aliphatic hydroxyl groups is 1. The monoisotopic (exact) mass is 356 g/mol. The van der Waals surface area contributed by atoms with Crippen LogP contribution in [0, 0.1) is 11.6 Å². The van der Waals surface area contributed by atoms with Gasteiger partial charge in [-0.1, -0.05) is 6.07 Å². The molecule has 1 unspecified atom stereocenters. The summed E-state index contributed by atoms with van der Waals surface area (Å²) in [4.78, 5) is 0. The highest BCUT2D eigenvalue weighted by atomic mass is 79.9. The molecule has 0 bridgehead atoms. The zero-order valence-corrected chi connectivity index (χ0v) is 12.4. The second-order valence-electron chi connectivity index (χ2n) is 4.70. The Hall–Kier alpha value is -1.66. The summed E-state index contributed by atoms with van der Waals surface area (Å²) in [6.45, 7) is 0.136. The van der Waals surface area contributed by atoms with Crippen LogP contribution in [0.1, 0.15) is 17.2 Å². The molecule has 2 aromatic carbocycles. The third-order valence-corrected chi connectivity index (χ3v) is 3.84. The average Bonchev–Trinajstić information content (AvgIpc) is 2.92. The van der Waals surface area contributed by atoms with Crippen LogP contribution < -0.4 is 9.47 Å². The van der Waals surface area contributed by atoms with Gasteiger partial charge in [-0.15, -0.1) is 0 Å². The van der Waals surface area contributed by atoms with Crippen LogP contribution in [0.5, 0.6) is 11.5 Å². The van der Waals surface area contributed by atoms with Crippen LogP contribution in [0.4, 0.5) is 8.78 Å². The Morgan fingerprint density at radius 1 is 1.14 bits per heavy atom. The van der Waals surface area contributed by atoms with Gasteiger partial charge in [-0.05, 0) is 51.3 Å². The van der Waals surface area contributed by atoms with Crippen LogP contribution in [0.3, 0.4) is 0 Å². The van der Waals surface area contributed by atoms with Gasteiger partial charge in [0.1, 0.15) is 0 Å². The van der Waals surface area contributed by atoms with Gasteiger partial charge in [0.2, 0.25) is 6.79 Å². The first kappa shape index (κ1) is 14.3. The molecule has 21 heavy (non-hydrogen) atoms. The lowest BCUT2D eigenvalue weighted by Crippen LogP contribution is -2.03. The second-order valence-corrected chi connectivity index (χ2v) is 5.56. The number of fused-ring (bicyclic) bond motifs is 1. The summed E-state index contributed by atoms with van der Waals surface area (Å²) in [6, 6.07) is 6.98. The van der Waals surface area contributed by atoms with Crippen molar-refractivity contribution in [3.63, 3.8) is 0 Å². The molecule has 110 valence electrons. The summed E-state index contributed by atoms with van der Waals surface area (Å²) >= 11 is 3.35. The number of aliphatic hydroxyl groups excluding tert-OH is 1.